The molecule has 0 saturated heterocycles. The maximum Gasteiger partial charge on any atom is 0.352 e. The highest BCUT2D eigenvalue weighted by atomic mass is 19.3. The fourth-order valence-electron chi connectivity index (χ4n) is 3.02. The van der Waals surface area contributed by atoms with Crippen LogP contribution in [0, 0.1) is 0 Å². The van der Waals surface area contributed by atoms with Crippen LogP contribution in [0.1, 0.15) is 6.42 Å². The Morgan fingerprint density at radius 1 is 0.625 bits per heavy atom. The number of halogens is 10. The van der Waals surface area contributed by atoms with E-state index in [1.54, 1.807) is 0 Å². The zero-order valence-corrected chi connectivity index (χ0v) is 11.0. The molecular weight excluding hydrogens is 374 g/mol. The van der Waals surface area contributed by atoms with Crippen molar-refractivity contribution in [1.82, 2.24) is 0 Å². The summed E-state index contributed by atoms with van der Waals surface area (Å²) < 4.78 is 137. The molecule has 0 aromatic carbocycles. The van der Waals surface area contributed by atoms with E-state index in [4.69, 9.17) is 5.11 Å². The molecule has 4 unspecified atom stereocenters. The smallest absolute Gasteiger partial charge is 0.352 e. The van der Waals surface area contributed by atoms with E-state index < -0.39 is 59.4 Å². The lowest BCUT2D eigenvalue weighted by atomic mass is 9.52. The molecule has 142 valence electrons. The SMILES string of the molecule is OC1(CF)CC2(O)C(F)(F)C(O)(F)C(F)(F)C(O)(C1(F)F)C2(F)F. The van der Waals surface area contributed by atoms with Gasteiger partial charge in [-0.05, 0) is 0 Å². The van der Waals surface area contributed by atoms with Gasteiger partial charge in [-0.25, -0.2) is 4.39 Å². The molecule has 4 atom stereocenters. The first-order valence-electron chi connectivity index (χ1n) is 5.92. The van der Waals surface area contributed by atoms with Crippen molar-refractivity contribution in [2.24, 2.45) is 0 Å². The molecule has 0 spiro atoms. The number of aliphatic hydroxyl groups is 4. The molecule has 24 heavy (non-hydrogen) atoms. The molecule has 2 saturated carbocycles. The Morgan fingerprint density at radius 2 is 1.04 bits per heavy atom. The summed E-state index contributed by atoms with van der Waals surface area (Å²) in [5.74, 6) is -33.2. The highest BCUT2D eigenvalue weighted by molar-refractivity contribution is 5.38. The van der Waals surface area contributed by atoms with Crippen LogP contribution in [0.4, 0.5) is 43.9 Å². The Morgan fingerprint density at radius 3 is 1.42 bits per heavy atom. The van der Waals surface area contributed by atoms with Crippen molar-refractivity contribution in [3.8, 4) is 0 Å². The lowest BCUT2D eigenvalue weighted by Crippen LogP contribution is -2.97. The summed E-state index contributed by atoms with van der Waals surface area (Å²) >= 11 is 0. The van der Waals surface area contributed by atoms with Gasteiger partial charge in [-0.1, -0.05) is 0 Å². The first-order chi connectivity index (χ1) is 10.3. The van der Waals surface area contributed by atoms with Crippen LogP contribution in [-0.4, -0.2) is 73.4 Å². The molecule has 0 aliphatic heterocycles. The third kappa shape index (κ3) is 1.34. The Labute approximate surface area is 125 Å². The van der Waals surface area contributed by atoms with E-state index in [0.29, 0.717) is 0 Å². The second kappa shape index (κ2) is 4.10. The fourth-order valence-corrected chi connectivity index (χ4v) is 3.02. The largest absolute Gasteiger partial charge is 0.381 e. The Hall–Kier alpha value is -0.860. The Bertz CT molecular complexity index is 570. The molecule has 0 radical (unpaired) electrons. The number of fused-ring (bicyclic) bond motifs is 2. The summed E-state index contributed by atoms with van der Waals surface area (Å²) in [5.41, 5.74) is -17.1. The predicted molar refractivity (Wildman–Crippen MR) is 51.3 cm³/mol. The van der Waals surface area contributed by atoms with Gasteiger partial charge in [0.15, 0.2) is 5.60 Å². The van der Waals surface area contributed by atoms with E-state index in [2.05, 4.69) is 0 Å². The predicted octanol–water partition coefficient (Wildman–Crippen LogP) is 0.766. The zero-order chi connectivity index (χ0) is 19.4. The van der Waals surface area contributed by atoms with Gasteiger partial charge in [-0.15, -0.1) is 0 Å². The second-order valence-corrected chi connectivity index (χ2v) is 5.83. The van der Waals surface area contributed by atoms with E-state index in [0.717, 1.165) is 0 Å². The van der Waals surface area contributed by atoms with Gasteiger partial charge in [0, 0.05) is 6.42 Å². The number of alkyl halides is 10. The number of hydrogen-bond donors (Lipinski definition) is 4. The molecule has 2 fully saturated rings. The minimum Gasteiger partial charge on any atom is -0.381 e. The van der Waals surface area contributed by atoms with E-state index >= 15 is 0 Å². The quantitative estimate of drug-likeness (QED) is 0.505. The standard InChI is InChI=1S/C10H8F10O4/c11-2-3(21)1-4(22)7(14,15)5(23,6(3,12)13)9(18,19)10(20,24)8(4,16)17/h21-24H,1-2H2. The summed E-state index contributed by atoms with van der Waals surface area (Å²) in [7, 11) is 0. The van der Waals surface area contributed by atoms with Crippen LogP contribution in [0.25, 0.3) is 0 Å². The van der Waals surface area contributed by atoms with Gasteiger partial charge >= 0.3 is 29.5 Å². The molecule has 2 rings (SSSR count). The van der Waals surface area contributed by atoms with Crippen molar-refractivity contribution in [2.45, 2.75) is 52.8 Å². The highest BCUT2D eigenvalue weighted by Gasteiger charge is 3.05. The number of rotatable bonds is 1. The van der Waals surface area contributed by atoms with E-state index in [1.165, 1.54) is 0 Å². The summed E-state index contributed by atoms with van der Waals surface area (Å²) in [4.78, 5) is 0. The van der Waals surface area contributed by atoms with Gasteiger partial charge in [0.05, 0.1) is 0 Å². The monoisotopic (exact) mass is 382 g/mol. The third-order valence-electron chi connectivity index (χ3n) is 4.59. The molecule has 2 bridgehead atoms. The average molecular weight is 382 g/mol. The lowest BCUT2D eigenvalue weighted by Gasteiger charge is -2.65. The van der Waals surface area contributed by atoms with E-state index in [-0.39, 0.29) is 0 Å². The van der Waals surface area contributed by atoms with E-state index in [9.17, 15) is 59.2 Å². The number of hydrogen-bond acceptors (Lipinski definition) is 4. The van der Waals surface area contributed by atoms with Gasteiger partial charge in [0.2, 0.25) is 5.60 Å². The zero-order valence-electron chi connectivity index (χ0n) is 11.0. The molecule has 14 heteroatoms. The molecule has 4 nitrogen and oxygen atoms in total. The highest BCUT2D eigenvalue weighted by Crippen LogP contribution is 2.73. The third-order valence-corrected chi connectivity index (χ3v) is 4.59. The van der Waals surface area contributed by atoms with Gasteiger partial charge in [0.25, 0.3) is 5.60 Å². The van der Waals surface area contributed by atoms with Gasteiger partial charge < -0.3 is 20.4 Å². The van der Waals surface area contributed by atoms with Crippen LogP contribution >= 0.6 is 0 Å². The van der Waals surface area contributed by atoms with Crippen LogP contribution in [0.2, 0.25) is 0 Å². The van der Waals surface area contributed by atoms with Gasteiger partial charge in [-0.2, -0.15) is 39.5 Å². The molecule has 2 aliphatic carbocycles. The molecule has 2 aliphatic rings. The first kappa shape index (κ1) is 19.5. The average Bonchev–Trinajstić information content (AvgIpc) is 2.42. The minimum absolute atomic E-state index is 2.95. The van der Waals surface area contributed by atoms with Crippen molar-refractivity contribution < 1.29 is 64.3 Å². The molecular formula is C10H8F10O4. The van der Waals surface area contributed by atoms with Gasteiger partial charge in [0.1, 0.15) is 6.67 Å². The molecule has 0 amide bonds. The molecule has 0 heterocycles. The van der Waals surface area contributed by atoms with Crippen molar-refractivity contribution in [3.05, 3.63) is 0 Å². The van der Waals surface area contributed by atoms with Crippen molar-refractivity contribution in [1.29, 1.82) is 0 Å². The van der Waals surface area contributed by atoms with Crippen LogP contribution in [0.3, 0.4) is 0 Å². The fraction of sp³-hybridized carbons (Fsp3) is 1.00. The second-order valence-electron chi connectivity index (χ2n) is 5.83. The first-order valence-corrected chi connectivity index (χ1v) is 5.92. The van der Waals surface area contributed by atoms with Crippen LogP contribution in [-0.2, 0) is 0 Å². The maximum atomic E-state index is 13.9. The van der Waals surface area contributed by atoms with Crippen LogP contribution in [0.15, 0.2) is 0 Å². The molecule has 4 N–H and O–H groups in total. The van der Waals surface area contributed by atoms with E-state index in [1.807, 2.05) is 0 Å². The normalized spacial score (nSPS) is 51.2. The molecule has 0 aromatic heterocycles. The topological polar surface area (TPSA) is 80.9 Å². The van der Waals surface area contributed by atoms with Gasteiger partial charge in [-0.3, -0.25) is 0 Å². The summed E-state index contributed by atoms with van der Waals surface area (Å²) in [6, 6.07) is 0. The lowest BCUT2D eigenvalue weighted by molar-refractivity contribution is -0.551. The van der Waals surface area contributed by atoms with Crippen molar-refractivity contribution in [2.75, 3.05) is 6.67 Å². The van der Waals surface area contributed by atoms with Crippen LogP contribution in [0.5, 0.6) is 0 Å². The summed E-state index contributed by atoms with van der Waals surface area (Å²) in [6.07, 6.45) is -3.08. The maximum absolute atomic E-state index is 13.9. The van der Waals surface area contributed by atoms with Crippen molar-refractivity contribution in [3.63, 3.8) is 0 Å². The Kier molecular flexibility index (Phi) is 3.32. The van der Waals surface area contributed by atoms with Crippen LogP contribution < -0.4 is 0 Å². The minimum atomic E-state index is -7.05. The summed E-state index contributed by atoms with van der Waals surface area (Å²) in [6.45, 7) is -2.95. The Balaban J connectivity index is 3.03. The van der Waals surface area contributed by atoms with Crippen molar-refractivity contribution >= 4 is 0 Å². The summed E-state index contributed by atoms with van der Waals surface area (Å²) in [5, 5.41) is 36.5. The molecule has 0 aromatic rings.